The van der Waals surface area contributed by atoms with Gasteiger partial charge >= 0.3 is 11.0 Å². The highest BCUT2D eigenvalue weighted by Gasteiger charge is 2.23. The molecule has 1 N–H and O–H groups in total. The molecule has 2 heterocycles. The van der Waals surface area contributed by atoms with E-state index >= 15 is 0 Å². The molecule has 0 atom stereocenters. The predicted molar refractivity (Wildman–Crippen MR) is 86.1 cm³/mol. The van der Waals surface area contributed by atoms with Crippen LogP contribution in [0.15, 0.2) is 27.5 Å². The molecule has 0 unspecified atom stereocenters. The van der Waals surface area contributed by atoms with Gasteiger partial charge in [0.05, 0.1) is 10.2 Å². The maximum absolute atomic E-state index is 12.2. The Labute approximate surface area is 133 Å². The fourth-order valence-corrected chi connectivity index (χ4v) is 4.23. The first-order valence-corrected chi connectivity index (χ1v) is 8.42. The molecule has 1 aliphatic heterocycles. The Bertz CT molecular complexity index is 731. The number of piperidine rings is 1. The number of fused-ring (bicyclic) bond motifs is 1. The van der Waals surface area contributed by atoms with E-state index in [0.29, 0.717) is 25.6 Å². The molecule has 2 aromatic rings. The Kier molecular flexibility index (Phi) is 4.03. The van der Waals surface area contributed by atoms with Crippen LogP contribution in [0, 0.1) is 5.92 Å². The van der Waals surface area contributed by atoms with Crippen molar-refractivity contribution in [3.05, 3.63) is 32.3 Å². The van der Waals surface area contributed by atoms with Crippen molar-refractivity contribution in [1.82, 2.24) is 9.47 Å². The zero-order valence-electron chi connectivity index (χ0n) is 11.3. The zero-order chi connectivity index (χ0) is 15.0. The van der Waals surface area contributed by atoms with Crippen LogP contribution in [0.2, 0.25) is 0 Å². The van der Waals surface area contributed by atoms with Crippen molar-refractivity contribution in [1.29, 1.82) is 0 Å². The molecule has 3 rings (SSSR count). The lowest BCUT2D eigenvalue weighted by atomic mass is 9.97. The van der Waals surface area contributed by atoms with Gasteiger partial charge in [0.2, 0.25) is 0 Å². The van der Waals surface area contributed by atoms with E-state index in [9.17, 15) is 9.59 Å². The fraction of sp³-hybridized carbons (Fsp3) is 0.429. The van der Waals surface area contributed by atoms with Gasteiger partial charge in [0.25, 0.3) is 0 Å². The quantitative estimate of drug-likeness (QED) is 0.882. The Morgan fingerprint density at radius 2 is 2.10 bits per heavy atom. The Hall–Kier alpha value is -1.34. The summed E-state index contributed by atoms with van der Waals surface area (Å²) in [4.78, 5) is 24.6. The van der Waals surface area contributed by atoms with Crippen LogP contribution in [-0.4, -0.2) is 33.8 Å². The first-order valence-electron chi connectivity index (χ1n) is 6.81. The summed E-state index contributed by atoms with van der Waals surface area (Å²) in [6.07, 6.45) is 0.774. The highest BCUT2D eigenvalue weighted by molar-refractivity contribution is 9.10. The zero-order valence-corrected chi connectivity index (χ0v) is 13.7. The van der Waals surface area contributed by atoms with Crippen LogP contribution in [0.5, 0.6) is 0 Å². The van der Waals surface area contributed by atoms with Gasteiger partial charge in [0.1, 0.15) is 0 Å². The average molecular weight is 371 g/mol. The minimum absolute atomic E-state index is 0.0590. The third-order valence-electron chi connectivity index (χ3n) is 3.96. The molecule has 0 saturated carbocycles. The molecule has 21 heavy (non-hydrogen) atoms. The summed E-state index contributed by atoms with van der Waals surface area (Å²) in [6, 6.07) is 5.87. The molecule has 1 aromatic heterocycles. The summed E-state index contributed by atoms with van der Waals surface area (Å²) in [7, 11) is 0. The van der Waals surface area contributed by atoms with E-state index in [4.69, 9.17) is 5.11 Å². The van der Waals surface area contributed by atoms with Gasteiger partial charge in [-0.3, -0.25) is 9.36 Å². The minimum Gasteiger partial charge on any atom is -0.465 e. The Balaban J connectivity index is 1.78. The lowest BCUT2D eigenvalue weighted by Crippen LogP contribution is -2.38. The summed E-state index contributed by atoms with van der Waals surface area (Å²) in [5.74, 6) is 0.361. The van der Waals surface area contributed by atoms with Gasteiger partial charge in [0, 0.05) is 24.1 Å². The van der Waals surface area contributed by atoms with Crippen LogP contribution < -0.4 is 4.87 Å². The molecule has 0 bridgehead atoms. The van der Waals surface area contributed by atoms with E-state index in [1.165, 1.54) is 16.2 Å². The number of nitrogens with zero attached hydrogens (tertiary/aromatic N) is 2. The molecule has 0 radical (unpaired) electrons. The fourth-order valence-electron chi connectivity index (χ4n) is 2.78. The van der Waals surface area contributed by atoms with E-state index in [-0.39, 0.29) is 4.87 Å². The molecule has 1 saturated heterocycles. The summed E-state index contributed by atoms with van der Waals surface area (Å²) < 4.78 is 3.78. The van der Waals surface area contributed by atoms with Gasteiger partial charge in [0.15, 0.2) is 0 Å². The molecule has 112 valence electrons. The van der Waals surface area contributed by atoms with Crippen molar-refractivity contribution in [3.8, 4) is 0 Å². The van der Waals surface area contributed by atoms with Crippen molar-refractivity contribution < 1.29 is 9.90 Å². The third-order valence-corrected chi connectivity index (χ3v) is 5.39. The van der Waals surface area contributed by atoms with Crippen molar-refractivity contribution in [2.75, 3.05) is 13.1 Å². The smallest absolute Gasteiger partial charge is 0.407 e. The van der Waals surface area contributed by atoms with E-state index < -0.39 is 6.09 Å². The second kappa shape index (κ2) is 5.81. The number of halogens is 1. The Morgan fingerprint density at radius 3 is 2.76 bits per heavy atom. The number of aromatic nitrogens is 1. The predicted octanol–water partition coefficient (Wildman–Crippen LogP) is 3.22. The number of carboxylic acid groups (broad SMARTS) is 1. The van der Waals surface area contributed by atoms with Gasteiger partial charge in [-0.2, -0.15) is 0 Å². The first-order chi connectivity index (χ1) is 10.0. The van der Waals surface area contributed by atoms with E-state index in [0.717, 1.165) is 27.5 Å². The van der Waals surface area contributed by atoms with Gasteiger partial charge in [-0.05, 0) is 37.0 Å². The molecule has 1 amide bonds. The Morgan fingerprint density at radius 1 is 1.38 bits per heavy atom. The second-order valence-electron chi connectivity index (χ2n) is 5.30. The standard InChI is InChI=1S/C14H15BrN2O3S/c15-10-1-2-11-12(7-10)21-14(20)17(11)8-9-3-5-16(6-4-9)13(18)19/h1-2,7,9H,3-6,8H2,(H,18,19). The summed E-state index contributed by atoms with van der Waals surface area (Å²) >= 11 is 4.68. The van der Waals surface area contributed by atoms with Gasteiger partial charge < -0.3 is 10.0 Å². The summed E-state index contributed by atoms with van der Waals surface area (Å²) in [5.41, 5.74) is 0.967. The molecular weight excluding hydrogens is 356 g/mol. The van der Waals surface area contributed by atoms with Crippen LogP contribution in [0.3, 0.4) is 0 Å². The minimum atomic E-state index is -0.851. The number of rotatable bonds is 2. The van der Waals surface area contributed by atoms with Crippen LogP contribution >= 0.6 is 27.3 Å². The van der Waals surface area contributed by atoms with Crippen LogP contribution in [0.1, 0.15) is 12.8 Å². The topological polar surface area (TPSA) is 62.5 Å². The second-order valence-corrected chi connectivity index (χ2v) is 7.21. The van der Waals surface area contributed by atoms with Crippen LogP contribution in [0.25, 0.3) is 10.2 Å². The van der Waals surface area contributed by atoms with Crippen molar-refractivity contribution in [2.24, 2.45) is 5.92 Å². The number of benzene rings is 1. The molecular formula is C14H15BrN2O3S. The molecule has 1 aliphatic rings. The van der Waals surface area contributed by atoms with Crippen molar-refractivity contribution in [3.63, 3.8) is 0 Å². The highest BCUT2D eigenvalue weighted by atomic mass is 79.9. The molecule has 1 fully saturated rings. The number of likely N-dealkylation sites (tertiary alicyclic amines) is 1. The largest absolute Gasteiger partial charge is 0.465 e. The molecule has 0 aliphatic carbocycles. The summed E-state index contributed by atoms with van der Waals surface area (Å²) in [6.45, 7) is 1.79. The van der Waals surface area contributed by atoms with Gasteiger partial charge in [-0.1, -0.05) is 27.3 Å². The SMILES string of the molecule is O=C(O)N1CCC(Cn2c(=O)sc3cc(Br)ccc32)CC1. The third kappa shape index (κ3) is 2.98. The molecule has 1 aromatic carbocycles. The number of carbonyl (C=O) groups is 1. The van der Waals surface area contributed by atoms with Gasteiger partial charge in [-0.15, -0.1) is 0 Å². The van der Waals surface area contributed by atoms with Crippen molar-refractivity contribution in [2.45, 2.75) is 19.4 Å². The first kappa shape index (κ1) is 14.6. The lowest BCUT2D eigenvalue weighted by Gasteiger charge is -2.30. The monoisotopic (exact) mass is 370 g/mol. The van der Waals surface area contributed by atoms with Crippen LogP contribution in [-0.2, 0) is 6.54 Å². The summed E-state index contributed by atoms with van der Waals surface area (Å²) in [5, 5.41) is 8.96. The average Bonchev–Trinajstić information content (AvgIpc) is 2.75. The highest BCUT2D eigenvalue weighted by Crippen LogP contribution is 2.25. The maximum Gasteiger partial charge on any atom is 0.407 e. The molecule has 0 spiro atoms. The number of hydrogen-bond acceptors (Lipinski definition) is 3. The lowest BCUT2D eigenvalue weighted by molar-refractivity contribution is 0.122. The van der Waals surface area contributed by atoms with E-state index in [2.05, 4.69) is 15.9 Å². The molecule has 5 nitrogen and oxygen atoms in total. The number of hydrogen-bond donors (Lipinski definition) is 1. The normalized spacial score (nSPS) is 16.5. The van der Waals surface area contributed by atoms with E-state index in [1.54, 1.807) is 0 Å². The van der Waals surface area contributed by atoms with Crippen LogP contribution in [0.4, 0.5) is 4.79 Å². The number of thiazole rings is 1. The number of amides is 1. The van der Waals surface area contributed by atoms with Gasteiger partial charge in [-0.25, -0.2) is 4.79 Å². The molecule has 7 heteroatoms. The maximum atomic E-state index is 12.2. The van der Waals surface area contributed by atoms with Crippen molar-refractivity contribution >= 4 is 43.6 Å². The van der Waals surface area contributed by atoms with E-state index in [1.807, 2.05) is 22.8 Å².